The lowest BCUT2D eigenvalue weighted by Crippen LogP contribution is -2.17. The second kappa shape index (κ2) is 5.68. The van der Waals surface area contributed by atoms with Gasteiger partial charge in [-0.05, 0) is 51.9 Å². The van der Waals surface area contributed by atoms with Gasteiger partial charge in [-0.3, -0.25) is 0 Å². The highest BCUT2D eigenvalue weighted by molar-refractivity contribution is 7.12. The van der Waals surface area contributed by atoms with Crippen molar-refractivity contribution in [3.8, 4) is 0 Å². The number of aryl methyl sites for hydroxylation is 3. The highest BCUT2D eigenvalue weighted by Gasteiger charge is 2.12. The topological polar surface area (TPSA) is 12.0 Å². The van der Waals surface area contributed by atoms with Gasteiger partial charge in [0.25, 0.3) is 0 Å². The van der Waals surface area contributed by atoms with E-state index in [1.165, 1.54) is 26.4 Å². The van der Waals surface area contributed by atoms with Crippen LogP contribution in [0.15, 0.2) is 30.3 Å². The molecule has 1 aromatic heterocycles. The van der Waals surface area contributed by atoms with Crippen molar-refractivity contribution in [1.82, 2.24) is 5.32 Å². The third kappa shape index (κ3) is 3.21. The average molecular weight is 259 g/mol. The zero-order valence-electron chi connectivity index (χ0n) is 11.6. The van der Waals surface area contributed by atoms with E-state index < -0.39 is 0 Å². The molecule has 0 radical (unpaired) electrons. The summed E-state index contributed by atoms with van der Waals surface area (Å²) in [6.07, 6.45) is 1.05. The molecule has 1 nitrogen and oxygen atoms in total. The Bertz CT molecular complexity index is 507. The first-order valence-electron chi connectivity index (χ1n) is 6.39. The van der Waals surface area contributed by atoms with Gasteiger partial charge >= 0.3 is 0 Å². The van der Waals surface area contributed by atoms with Crippen LogP contribution in [0.25, 0.3) is 0 Å². The van der Waals surface area contributed by atoms with E-state index in [-0.39, 0.29) is 0 Å². The van der Waals surface area contributed by atoms with Crippen LogP contribution in [0.2, 0.25) is 0 Å². The summed E-state index contributed by atoms with van der Waals surface area (Å²) >= 11 is 1.89. The van der Waals surface area contributed by atoms with Crippen molar-refractivity contribution in [2.45, 2.75) is 33.2 Å². The number of nitrogens with one attached hydrogen (secondary N) is 1. The van der Waals surface area contributed by atoms with E-state index in [1.54, 1.807) is 0 Å². The molecule has 2 aromatic rings. The van der Waals surface area contributed by atoms with Gasteiger partial charge in [0, 0.05) is 15.8 Å². The molecular formula is C16H21NS. The number of rotatable bonds is 4. The van der Waals surface area contributed by atoms with Crippen LogP contribution in [0.5, 0.6) is 0 Å². The molecule has 0 spiro atoms. The fourth-order valence-electron chi connectivity index (χ4n) is 2.41. The maximum absolute atomic E-state index is 3.43. The van der Waals surface area contributed by atoms with Crippen molar-refractivity contribution < 1.29 is 0 Å². The summed E-state index contributed by atoms with van der Waals surface area (Å²) < 4.78 is 0. The second-order valence-electron chi connectivity index (χ2n) is 4.99. The fourth-order valence-corrected chi connectivity index (χ4v) is 3.40. The third-order valence-electron chi connectivity index (χ3n) is 3.17. The van der Waals surface area contributed by atoms with Crippen LogP contribution in [0.3, 0.4) is 0 Å². The second-order valence-corrected chi connectivity index (χ2v) is 6.31. The normalized spacial score (nSPS) is 12.7. The van der Waals surface area contributed by atoms with Gasteiger partial charge in [-0.25, -0.2) is 0 Å². The number of hydrogen-bond donors (Lipinski definition) is 1. The summed E-state index contributed by atoms with van der Waals surface area (Å²) in [6.45, 7) is 6.50. The van der Waals surface area contributed by atoms with Gasteiger partial charge in [0.2, 0.25) is 0 Å². The molecule has 2 heteroatoms. The molecule has 0 amide bonds. The van der Waals surface area contributed by atoms with Crippen molar-refractivity contribution >= 4 is 11.3 Å². The van der Waals surface area contributed by atoms with E-state index in [2.05, 4.69) is 56.4 Å². The lowest BCUT2D eigenvalue weighted by molar-refractivity contribution is 0.602. The summed E-state index contributed by atoms with van der Waals surface area (Å²) in [5, 5.41) is 3.43. The molecule has 0 saturated heterocycles. The molecule has 1 atom stereocenters. The van der Waals surface area contributed by atoms with Gasteiger partial charge in [-0.15, -0.1) is 11.3 Å². The Balaban J connectivity index is 2.20. The molecule has 0 saturated carbocycles. The van der Waals surface area contributed by atoms with Gasteiger partial charge in [0.15, 0.2) is 0 Å². The van der Waals surface area contributed by atoms with Crippen LogP contribution in [0, 0.1) is 20.8 Å². The predicted octanol–water partition coefficient (Wildman–Crippen LogP) is 4.18. The van der Waals surface area contributed by atoms with Crippen LogP contribution in [-0.2, 0) is 6.42 Å². The highest BCUT2D eigenvalue weighted by Crippen LogP contribution is 2.26. The quantitative estimate of drug-likeness (QED) is 0.868. The third-order valence-corrected chi connectivity index (χ3v) is 4.29. The Hall–Kier alpha value is -1.12. The van der Waals surface area contributed by atoms with Gasteiger partial charge < -0.3 is 5.32 Å². The molecule has 0 aliphatic rings. The van der Waals surface area contributed by atoms with Crippen LogP contribution in [0.1, 0.15) is 32.5 Å². The van der Waals surface area contributed by atoms with Crippen molar-refractivity contribution in [2.75, 3.05) is 7.05 Å². The molecule has 18 heavy (non-hydrogen) atoms. The van der Waals surface area contributed by atoms with E-state index in [4.69, 9.17) is 0 Å². The summed E-state index contributed by atoms with van der Waals surface area (Å²) in [5.74, 6) is 0. The molecule has 0 aliphatic carbocycles. The van der Waals surface area contributed by atoms with Crippen LogP contribution < -0.4 is 5.32 Å². The van der Waals surface area contributed by atoms with E-state index >= 15 is 0 Å². The number of benzene rings is 1. The lowest BCUT2D eigenvalue weighted by atomic mass is 10.0. The van der Waals surface area contributed by atoms with E-state index in [9.17, 15) is 0 Å². The minimum absolute atomic E-state index is 0.421. The van der Waals surface area contributed by atoms with Crippen LogP contribution >= 0.6 is 11.3 Å². The molecular weight excluding hydrogens is 238 g/mol. The van der Waals surface area contributed by atoms with Crippen molar-refractivity contribution in [3.05, 3.63) is 56.8 Å². The maximum atomic E-state index is 3.43. The molecule has 1 N–H and O–H groups in total. The summed E-state index contributed by atoms with van der Waals surface area (Å²) in [6, 6.07) is 11.7. The van der Waals surface area contributed by atoms with Crippen LogP contribution in [0.4, 0.5) is 0 Å². The molecule has 0 fully saturated rings. The molecule has 0 bridgehead atoms. The van der Waals surface area contributed by atoms with E-state index in [0.717, 1.165) is 6.42 Å². The Morgan fingerprint density at radius 2 is 1.72 bits per heavy atom. The molecule has 1 heterocycles. The molecule has 96 valence electrons. The van der Waals surface area contributed by atoms with E-state index in [0.29, 0.717) is 6.04 Å². The SMILES string of the molecule is CNC(Cc1cc(C)cc(C)c1)c1ccc(C)s1. The maximum Gasteiger partial charge on any atom is 0.0453 e. The number of hydrogen-bond acceptors (Lipinski definition) is 2. The minimum atomic E-state index is 0.421. The lowest BCUT2D eigenvalue weighted by Gasteiger charge is -2.15. The minimum Gasteiger partial charge on any atom is -0.312 e. The van der Waals surface area contributed by atoms with Crippen LogP contribution in [-0.4, -0.2) is 7.05 Å². The first-order chi connectivity index (χ1) is 8.58. The van der Waals surface area contributed by atoms with Gasteiger partial charge in [-0.2, -0.15) is 0 Å². The first kappa shape index (κ1) is 13.3. The standard InChI is InChI=1S/C16H21NS/c1-11-7-12(2)9-14(8-11)10-15(17-4)16-6-5-13(3)18-16/h5-9,15,17H,10H2,1-4H3. The Labute approximate surface area is 114 Å². The summed E-state index contributed by atoms with van der Waals surface area (Å²) in [7, 11) is 2.04. The van der Waals surface area contributed by atoms with Gasteiger partial charge in [-0.1, -0.05) is 29.3 Å². The number of likely N-dealkylation sites (N-methyl/N-ethyl adjacent to an activating group) is 1. The summed E-state index contributed by atoms with van der Waals surface area (Å²) in [5.41, 5.74) is 4.11. The molecule has 1 unspecified atom stereocenters. The molecule has 0 aliphatic heterocycles. The largest absolute Gasteiger partial charge is 0.312 e. The highest BCUT2D eigenvalue weighted by atomic mass is 32.1. The zero-order valence-corrected chi connectivity index (χ0v) is 12.4. The molecule has 2 rings (SSSR count). The van der Waals surface area contributed by atoms with Crippen molar-refractivity contribution in [2.24, 2.45) is 0 Å². The average Bonchev–Trinajstić information content (AvgIpc) is 2.71. The fraction of sp³-hybridized carbons (Fsp3) is 0.375. The predicted molar refractivity (Wildman–Crippen MR) is 80.5 cm³/mol. The monoisotopic (exact) mass is 259 g/mol. The zero-order chi connectivity index (χ0) is 13.1. The van der Waals surface area contributed by atoms with Crippen molar-refractivity contribution in [3.63, 3.8) is 0 Å². The smallest absolute Gasteiger partial charge is 0.0453 e. The Kier molecular flexibility index (Phi) is 4.20. The first-order valence-corrected chi connectivity index (χ1v) is 7.21. The Morgan fingerprint density at radius 1 is 1.06 bits per heavy atom. The van der Waals surface area contributed by atoms with E-state index in [1.807, 2.05) is 18.4 Å². The molecule has 1 aromatic carbocycles. The van der Waals surface area contributed by atoms with Crippen molar-refractivity contribution in [1.29, 1.82) is 0 Å². The van der Waals surface area contributed by atoms with Gasteiger partial charge in [0.1, 0.15) is 0 Å². The Morgan fingerprint density at radius 3 is 2.22 bits per heavy atom. The number of thiophene rings is 1. The summed E-state index contributed by atoms with van der Waals surface area (Å²) in [4.78, 5) is 2.81. The van der Waals surface area contributed by atoms with Gasteiger partial charge in [0.05, 0.1) is 0 Å².